The van der Waals surface area contributed by atoms with Crippen LogP contribution < -0.4 is 15.5 Å². The Morgan fingerprint density at radius 3 is 2.62 bits per heavy atom. The Morgan fingerprint density at radius 1 is 1.50 bits per heavy atom. The van der Waals surface area contributed by atoms with Gasteiger partial charge in [-0.3, -0.25) is 10.1 Å². The van der Waals surface area contributed by atoms with Gasteiger partial charge in [0.1, 0.15) is 0 Å². The average molecular weight is 245 g/mol. The summed E-state index contributed by atoms with van der Waals surface area (Å²) in [5.74, 6) is -0.900. The van der Waals surface area contributed by atoms with Gasteiger partial charge < -0.3 is 20.2 Å². The van der Waals surface area contributed by atoms with Crippen molar-refractivity contribution in [2.45, 2.75) is 19.8 Å². The van der Waals surface area contributed by atoms with Gasteiger partial charge in [0, 0.05) is 0 Å². The van der Waals surface area contributed by atoms with E-state index in [0.717, 1.165) is 6.42 Å². The first-order valence-corrected chi connectivity index (χ1v) is 6.46. The molecule has 0 radical (unpaired) electrons. The van der Waals surface area contributed by atoms with E-state index in [9.17, 15) is 19.7 Å². The summed E-state index contributed by atoms with van der Waals surface area (Å²) in [6, 6.07) is 2.84. The average Bonchev–Trinajstić information content (AvgIpc) is 2.16. The van der Waals surface area contributed by atoms with Crippen LogP contribution in [0.3, 0.4) is 0 Å². The SMILES string of the molecule is CCCc1ccc(O)c(O)c1NP(N)(=O)[O-]. The molecule has 0 aliphatic carbocycles. The molecule has 1 aromatic rings. The van der Waals surface area contributed by atoms with Gasteiger partial charge in [0.2, 0.25) is 0 Å². The highest BCUT2D eigenvalue weighted by Crippen LogP contribution is 2.41. The van der Waals surface area contributed by atoms with Crippen molar-refractivity contribution in [3.8, 4) is 11.5 Å². The first-order chi connectivity index (χ1) is 7.35. The minimum atomic E-state index is -4.26. The maximum absolute atomic E-state index is 10.9. The van der Waals surface area contributed by atoms with Gasteiger partial charge in [-0.2, -0.15) is 0 Å². The van der Waals surface area contributed by atoms with E-state index in [1.54, 1.807) is 0 Å². The molecule has 1 rings (SSSR count). The summed E-state index contributed by atoms with van der Waals surface area (Å²) in [6.07, 6.45) is 1.34. The number of anilines is 1. The quantitative estimate of drug-likeness (QED) is 0.462. The van der Waals surface area contributed by atoms with Crippen molar-refractivity contribution in [3.63, 3.8) is 0 Å². The van der Waals surface area contributed by atoms with Crippen LogP contribution in [0.25, 0.3) is 0 Å². The van der Waals surface area contributed by atoms with Crippen LogP contribution in [0.5, 0.6) is 11.5 Å². The number of benzene rings is 1. The van der Waals surface area contributed by atoms with Crippen LogP contribution in [0.15, 0.2) is 12.1 Å². The summed E-state index contributed by atoms with van der Waals surface area (Å²) in [4.78, 5) is 10.9. The van der Waals surface area contributed by atoms with Crippen LogP contribution in [0.4, 0.5) is 5.69 Å². The third-order valence-corrected chi connectivity index (χ3v) is 2.57. The summed E-state index contributed by atoms with van der Waals surface area (Å²) in [5.41, 5.74) is 5.38. The first-order valence-electron chi connectivity index (χ1n) is 4.77. The van der Waals surface area contributed by atoms with Crippen LogP contribution in [0.1, 0.15) is 18.9 Å². The molecule has 0 bridgehead atoms. The molecule has 5 N–H and O–H groups in total. The summed E-state index contributed by atoms with van der Waals surface area (Å²) >= 11 is 0. The highest BCUT2D eigenvalue weighted by atomic mass is 31.2. The molecule has 1 aromatic carbocycles. The van der Waals surface area contributed by atoms with Crippen LogP contribution in [-0.2, 0) is 11.0 Å². The summed E-state index contributed by atoms with van der Waals surface area (Å²) in [5, 5.41) is 20.8. The smallest absolute Gasteiger partial charge is 0.181 e. The monoisotopic (exact) mass is 245 g/mol. The number of phenolic OH excluding ortho intramolecular Hbond substituents is 2. The molecular weight excluding hydrogens is 231 g/mol. The Hall–Kier alpha value is -1.23. The van der Waals surface area contributed by atoms with Crippen LogP contribution >= 0.6 is 7.67 Å². The van der Waals surface area contributed by atoms with E-state index in [1.165, 1.54) is 12.1 Å². The maximum Gasteiger partial charge on any atom is 0.181 e. The molecule has 6 nitrogen and oxygen atoms in total. The third kappa shape index (κ3) is 3.13. The highest BCUT2D eigenvalue weighted by Gasteiger charge is 2.14. The molecule has 0 amide bonds. The molecule has 16 heavy (non-hydrogen) atoms. The fraction of sp³-hybridized carbons (Fsp3) is 0.333. The summed E-state index contributed by atoms with van der Waals surface area (Å²) < 4.78 is 10.9. The second kappa shape index (κ2) is 4.74. The molecule has 0 heterocycles. The van der Waals surface area contributed by atoms with E-state index in [-0.39, 0.29) is 5.69 Å². The van der Waals surface area contributed by atoms with Crippen molar-refractivity contribution in [3.05, 3.63) is 17.7 Å². The van der Waals surface area contributed by atoms with E-state index in [0.29, 0.717) is 12.0 Å². The van der Waals surface area contributed by atoms with E-state index in [4.69, 9.17) is 5.50 Å². The van der Waals surface area contributed by atoms with Gasteiger partial charge in [0.05, 0.1) is 5.69 Å². The Kier molecular flexibility index (Phi) is 3.80. The van der Waals surface area contributed by atoms with Crippen molar-refractivity contribution in [1.29, 1.82) is 0 Å². The second-order valence-corrected chi connectivity index (χ2v) is 4.84. The van der Waals surface area contributed by atoms with Crippen LogP contribution in [0, 0.1) is 0 Å². The molecule has 0 spiro atoms. The lowest BCUT2D eigenvalue weighted by Crippen LogP contribution is -2.18. The molecule has 0 saturated carbocycles. The predicted molar refractivity (Wildman–Crippen MR) is 59.2 cm³/mol. The number of phenols is 2. The fourth-order valence-electron chi connectivity index (χ4n) is 1.38. The summed E-state index contributed by atoms with van der Waals surface area (Å²) in [7, 11) is -4.26. The third-order valence-electron chi connectivity index (χ3n) is 2.03. The molecule has 1 unspecified atom stereocenters. The van der Waals surface area contributed by atoms with Crippen molar-refractivity contribution in [2.75, 3.05) is 5.09 Å². The van der Waals surface area contributed by atoms with Gasteiger partial charge in [0.15, 0.2) is 19.2 Å². The van der Waals surface area contributed by atoms with Gasteiger partial charge in [0.25, 0.3) is 0 Å². The number of aromatic hydroxyl groups is 2. The van der Waals surface area contributed by atoms with Gasteiger partial charge in [-0.25, -0.2) is 0 Å². The van der Waals surface area contributed by atoms with Gasteiger partial charge in [-0.1, -0.05) is 19.4 Å². The van der Waals surface area contributed by atoms with Crippen molar-refractivity contribution >= 4 is 13.4 Å². The topological polar surface area (TPSA) is 119 Å². The molecule has 0 fully saturated rings. The maximum atomic E-state index is 10.9. The molecule has 90 valence electrons. The van der Waals surface area contributed by atoms with Crippen molar-refractivity contribution in [1.82, 2.24) is 0 Å². The minimum Gasteiger partial charge on any atom is -0.772 e. The highest BCUT2D eigenvalue weighted by molar-refractivity contribution is 7.55. The van der Waals surface area contributed by atoms with E-state index in [2.05, 4.69) is 0 Å². The molecule has 0 saturated heterocycles. The van der Waals surface area contributed by atoms with Crippen LogP contribution in [0.2, 0.25) is 0 Å². The number of aryl methyl sites for hydroxylation is 1. The lowest BCUT2D eigenvalue weighted by atomic mass is 10.1. The Morgan fingerprint density at radius 2 is 2.12 bits per heavy atom. The Balaban J connectivity index is 3.20. The molecule has 1 atom stereocenters. The zero-order chi connectivity index (χ0) is 12.3. The lowest BCUT2D eigenvalue weighted by molar-refractivity contribution is -0.173. The number of nitrogens with one attached hydrogen (secondary N) is 1. The predicted octanol–water partition coefficient (Wildman–Crippen LogP) is 0.889. The Bertz CT molecular complexity index is 430. The van der Waals surface area contributed by atoms with Gasteiger partial charge in [-0.15, -0.1) is 0 Å². The Labute approximate surface area is 93.3 Å². The zero-order valence-corrected chi connectivity index (χ0v) is 9.70. The van der Waals surface area contributed by atoms with Crippen LogP contribution in [-0.4, -0.2) is 10.2 Å². The number of hydrogen-bond acceptors (Lipinski definition) is 4. The summed E-state index contributed by atoms with van der Waals surface area (Å²) in [6.45, 7) is 1.91. The van der Waals surface area contributed by atoms with Gasteiger partial charge >= 0.3 is 0 Å². The standard InChI is InChI=1S/C9H15N2O4P/c1-2-3-6-4-5-7(12)9(13)8(6)11-16(10,14)15/h4-5,12-13H,2-3H2,1H3,(H4,10,11,14,15)/p-1. The van der Waals surface area contributed by atoms with Crippen molar-refractivity contribution < 1.29 is 19.7 Å². The van der Waals surface area contributed by atoms with E-state index in [1.807, 2.05) is 12.0 Å². The number of hydrogen-bond donors (Lipinski definition) is 4. The zero-order valence-electron chi connectivity index (χ0n) is 8.80. The normalized spacial score (nSPS) is 14.4. The first kappa shape index (κ1) is 12.8. The fourth-order valence-corrected chi connectivity index (χ4v) is 1.94. The second-order valence-electron chi connectivity index (χ2n) is 3.43. The molecule has 7 heteroatoms. The number of nitrogens with two attached hydrogens (primary N) is 1. The number of rotatable bonds is 4. The van der Waals surface area contributed by atoms with Gasteiger partial charge in [-0.05, 0) is 18.1 Å². The molecule has 0 aliphatic rings. The van der Waals surface area contributed by atoms with Crippen molar-refractivity contribution in [2.24, 2.45) is 5.50 Å². The molecule has 0 aromatic heterocycles. The lowest BCUT2D eigenvalue weighted by Gasteiger charge is -2.22. The van der Waals surface area contributed by atoms with E-state index >= 15 is 0 Å². The molecule has 0 aliphatic heterocycles. The largest absolute Gasteiger partial charge is 0.772 e. The minimum absolute atomic E-state index is 0.0531. The molecular formula is C9H14N2O4P-. The van der Waals surface area contributed by atoms with E-state index < -0.39 is 19.2 Å².